The summed E-state index contributed by atoms with van der Waals surface area (Å²) in [4.78, 5) is 41.2. The van der Waals surface area contributed by atoms with Gasteiger partial charge in [0.1, 0.15) is 11.2 Å². The van der Waals surface area contributed by atoms with E-state index in [1.54, 1.807) is 54.5 Å². The smallest absolute Gasteiger partial charge is 0.425 e. The minimum atomic E-state index is -1.11. The molecule has 1 aromatic heterocycles. The molecule has 2 amide bonds. The highest BCUT2D eigenvalue weighted by Crippen LogP contribution is 2.24. The van der Waals surface area contributed by atoms with Crippen molar-refractivity contribution < 1.29 is 29.0 Å². The van der Waals surface area contributed by atoms with Gasteiger partial charge >= 0.3 is 18.2 Å². The van der Waals surface area contributed by atoms with Gasteiger partial charge in [0, 0.05) is 18.2 Å². The number of hydrogen-bond acceptors (Lipinski definition) is 6. The molecule has 0 atom stereocenters. The fourth-order valence-corrected chi connectivity index (χ4v) is 2.14. The van der Waals surface area contributed by atoms with Gasteiger partial charge in [0.25, 0.3) is 0 Å². The minimum absolute atomic E-state index is 0.00471. The van der Waals surface area contributed by atoms with Crippen molar-refractivity contribution in [3.8, 4) is 0 Å². The number of carboxylic acids is 1. The number of rotatable bonds is 4. The van der Waals surface area contributed by atoms with Gasteiger partial charge in [-0.05, 0) is 59.6 Å². The van der Waals surface area contributed by atoms with Crippen LogP contribution in [0.25, 0.3) is 0 Å². The number of anilines is 1. The third-order valence-electron chi connectivity index (χ3n) is 3.19. The Morgan fingerprint density at radius 1 is 1.07 bits per heavy atom. The zero-order valence-electron chi connectivity index (χ0n) is 17.5. The molecule has 0 aliphatic rings. The third kappa shape index (κ3) is 7.02. The molecule has 1 heterocycles. The summed E-state index contributed by atoms with van der Waals surface area (Å²) in [5.74, 6) is -1.06. The van der Waals surface area contributed by atoms with Crippen molar-refractivity contribution in [2.75, 3.05) is 4.90 Å². The molecule has 0 saturated heterocycles. The monoisotopic (exact) mass is 392 g/mol. The van der Waals surface area contributed by atoms with Crippen molar-refractivity contribution in [2.45, 2.75) is 66.1 Å². The van der Waals surface area contributed by atoms with E-state index in [1.807, 2.05) is 0 Å². The van der Waals surface area contributed by atoms with Gasteiger partial charge in [-0.25, -0.2) is 19.4 Å². The van der Waals surface area contributed by atoms with Crippen LogP contribution in [0.4, 0.5) is 15.4 Å². The maximum absolute atomic E-state index is 12.7. The molecule has 0 bridgehead atoms. The second-order valence-corrected chi connectivity index (χ2v) is 8.37. The molecule has 0 aliphatic heterocycles. The van der Waals surface area contributed by atoms with Gasteiger partial charge in [-0.15, -0.1) is 0 Å². The summed E-state index contributed by atoms with van der Waals surface area (Å²) in [6.07, 6.45) is -0.361. The number of pyridine rings is 1. The van der Waals surface area contributed by atoms with Gasteiger partial charge in [-0.2, -0.15) is 4.90 Å². The van der Waals surface area contributed by atoms with Crippen LogP contribution >= 0.6 is 0 Å². The molecule has 154 valence electrons. The summed E-state index contributed by atoms with van der Waals surface area (Å²) in [6.45, 7) is 15.2. The molecule has 8 heteroatoms. The number of ether oxygens (including phenoxy) is 2. The Balaban J connectivity index is 3.29. The van der Waals surface area contributed by atoms with E-state index < -0.39 is 29.4 Å². The number of imide groups is 1. The second-order valence-electron chi connectivity index (χ2n) is 8.37. The van der Waals surface area contributed by atoms with E-state index in [0.29, 0.717) is 11.1 Å². The van der Waals surface area contributed by atoms with Crippen molar-refractivity contribution in [1.82, 2.24) is 4.98 Å². The van der Waals surface area contributed by atoms with Gasteiger partial charge in [-0.3, -0.25) is 0 Å². The number of aromatic nitrogens is 1. The molecule has 28 heavy (non-hydrogen) atoms. The molecule has 0 fully saturated rings. The Bertz CT molecular complexity index is 759. The van der Waals surface area contributed by atoms with Gasteiger partial charge in [0.2, 0.25) is 0 Å². The second kappa shape index (κ2) is 8.41. The number of carboxylic acid groups (broad SMARTS) is 1. The van der Waals surface area contributed by atoms with E-state index in [1.165, 1.54) is 6.20 Å². The summed E-state index contributed by atoms with van der Waals surface area (Å²) in [5, 5.41) is 8.97. The van der Waals surface area contributed by atoms with E-state index >= 15 is 0 Å². The third-order valence-corrected chi connectivity index (χ3v) is 3.19. The topological polar surface area (TPSA) is 106 Å². The number of hydrogen-bond donors (Lipinski definition) is 1. The molecule has 1 rings (SSSR count). The molecular formula is C20H28N2O6. The fraction of sp³-hybridized carbons (Fsp3) is 0.500. The number of carbonyl (C=O) groups excluding carboxylic acids is 2. The first-order chi connectivity index (χ1) is 12.6. The SMILES string of the molecule is C=C(Cc1cnc(N(C(=O)OC(C)(C)C)C(=O)OC(C)(C)C)c(C)c1)C(=O)O. The van der Waals surface area contributed by atoms with Gasteiger partial charge in [0.05, 0.1) is 0 Å². The van der Waals surface area contributed by atoms with Crippen LogP contribution in [0.15, 0.2) is 24.4 Å². The lowest BCUT2D eigenvalue weighted by atomic mass is 10.1. The summed E-state index contributed by atoms with van der Waals surface area (Å²) < 4.78 is 10.7. The zero-order valence-corrected chi connectivity index (χ0v) is 17.5. The van der Waals surface area contributed by atoms with E-state index in [2.05, 4.69) is 11.6 Å². The molecule has 0 aliphatic carbocycles. The van der Waals surface area contributed by atoms with E-state index in [4.69, 9.17) is 14.6 Å². The number of aryl methyl sites for hydroxylation is 1. The molecule has 0 aromatic carbocycles. The van der Waals surface area contributed by atoms with Crippen molar-refractivity contribution >= 4 is 24.0 Å². The first kappa shape index (κ1) is 23.1. The average molecular weight is 392 g/mol. The van der Waals surface area contributed by atoms with Crippen molar-refractivity contribution in [3.63, 3.8) is 0 Å². The predicted molar refractivity (Wildman–Crippen MR) is 104 cm³/mol. The first-order valence-corrected chi connectivity index (χ1v) is 8.73. The molecule has 0 saturated carbocycles. The normalized spacial score (nSPS) is 11.5. The van der Waals surface area contributed by atoms with Crippen LogP contribution in [0.5, 0.6) is 0 Å². The van der Waals surface area contributed by atoms with Gasteiger partial charge in [0.15, 0.2) is 5.82 Å². The van der Waals surface area contributed by atoms with Crippen molar-refractivity contribution in [3.05, 3.63) is 35.5 Å². The summed E-state index contributed by atoms with van der Waals surface area (Å²) in [7, 11) is 0. The zero-order chi connectivity index (χ0) is 21.9. The lowest BCUT2D eigenvalue weighted by Gasteiger charge is -2.28. The van der Waals surface area contributed by atoms with Crippen LogP contribution in [0.2, 0.25) is 0 Å². The highest BCUT2D eigenvalue weighted by molar-refractivity contribution is 6.09. The maximum Gasteiger partial charge on any atom is 0.425 e. The van der Waals surface area contributed by atoms with Gasteiger partial charge in [-0.1, -0.05) is 12.6 Å². The van der Waals surface area contributed by atoms with Crippen molar-refractivity contribution in [2.24, 2.45) is 0 Å². The Hall–Kier alpha value is -2.90. The highest BCUT2D eigenvalue weighted by Gasteiger charge is 2.34. The Morgan fingerprint density at radius 3 is 1.89 bits per heavy atom. The molecule has 8 nitrogen and oxygen atoms in total. The minimum Gasteiger partial charge on any atom is -0.478 e. The quantitative estimate of drug-likeness (QED) is 0.763. The van der Waals surface area contributed by atoms with Gasteiger partial charge < -0.3 is 14.6 Å². The van der Waals surface area contributed by atoms with E-state index in [9.17, 15) is 14.4 Å². The Morgan fingerprint density at radius 2 is 1.54 bits per heavy atom. The largest absolute Gasteiger partial charge is 0.478 e. The lowest BCUT2D eigenvalue weighted by molar-refractivity contribution is -0.132. The molecular weight excluding hydrogens is 364 g/mol. The fourth-order valence-electron chi connectivity index (χ4n) is 2.14. The summed E-state index contributed by atoms with van der Waals surface area (Å²) in [5.41, 5.74) is -0.589. The number of amides is 2. The lowest BCUT2D eigenvalue weighted by Crippen LogP contribution is -2.44. The molecule has 1 aromatic rings. The summed E-state index contributed by atoms with van der Waals surface area (Å²) >= 11 is 0. The molecule has 0 radical (unpaired) electrons. The highest BCUT2D eigenvalue weighted by atomic mass is 16.6. The van der Waals surface area contributed by atoms with Crippen LogP contribution in [0.1, 0.15) is 52.7 Å². The standard InChI is InChI=1S/C20H28N2O6/c1-12-9-14(10-13(2)16(23)24)11-21-15(12)22(17(25)27-19(3,4)5)18(26)28-20(6,7)8/h9,11H,2,10H2,1,3-8H3,(H,23,24). The van der Waals surface area contributed by atoms with E-state index in [-0.39, 0.29) is 17.8 Å². The molecule has 0 spiro atoms. The number of aliphatic carboxylic acids is 1. The Labute approximate surface area is 165 Å². The number of nitrogens with zero attached hydrogens (tertiary/aromatic N) is 2. The first-order valence-electron chi connectivity index (χ1n) is 8.73. The molecule has 1 N–H and O–H groups in total. The van der Waals surface area contributed by atoms with Crippen LogP contribution < -0.4 is 4.90 Å². The maximum atomic E-state index is 12.7. The van der Waals surface area contributed by atoms with Crippen LogP contribution in [-0.4, -0.2) is 39.4 Å². The van der Waals surface area contributed by atoms with Crippen LogP contribution in [0.3, 0.4) is 0 Å². The molecule has 0 unspecified atom stereocenters. The van der Waals surface area contributed by atoms with Crippen molar-refractivity contribution in [1.29, 1.82) is 0 Å². The Kier molecular flexibility index (Phi) is 6.95. The number of carbonyl (C=O) groups is 3. The van der Waals surface area contributed by atoms with Crippen LogP contribution in [-0.2, 0) is 20.7 Å². The van der Waals surface area contributed by atoms with Crippen LogP contribution in [0, 0.1) is 6.92 Å². The average Bonchev–Trinajstić information content (AvgIpc) is 2.45. The predicted octanol–water partition coefficient (Wildman–Crippen LogP) is 4.25. The van der Waals surface area contributed by atoms with E-state index in [0.717, 1.165) is 4.90 Å². The summed E-state index contributed by atoms with van der Waals surface area (Å²) in [6, 6.07) is 1.64.